The Morgan fingerprint density at radius 3 is 1.52 bits per heavy atom. The molecule has 2 fully saturated rings. The number of primary amides is 1. The molecule has 1 aliphatic carbocycles. The number of aliphatic hydroxyl groups is 3. The van der Waals surface area contributed by atoms with Crippen LogP contribution in [0.4, 0.5) is 4.79 Å². The molecule has 0 aromatic heterocycles. The predicted molar refractivity (Wildman–Crippen MR) is 332 cm³/mol. The minimum atomic E-state index is -1.94. The molecule has 0 unspecified atom stereocenters. The van der Waals surface area contributed by atoms with Crippen LogP contribution in [0, 0.1) is 0 Å². The molecule has 0 bridgehead atoms. The van der Waals surface area contributed by atoms with Gasteiger partial charge in [0.25, 0.3) is 0 Å². The van der Waals surface area contributed by atoms with Crippen molar-refractivity contribution in [2.45, 2.75) is 157 Å². The molecule has 494 valence electrons. The van der Waals surface area contributed by atoms with Gasteiger partial charge >= 0.3 is 24.0 Å². The molecule has 0 saturated carbocycles. The van der Waals surface area contributed by atoms with Crippen LogP contribution in [-0.2, 0) is 96.0 Å². The van der Waals surface area contributed by atoms with Crippen LogP contribution >= 0.6 is 11.8 Å². The number of fused-ring (bicyclic) bond motifs is 3. The molecule has 8 rings (SSSR count). The van der Waals surface area contributed by atoms with Gasteiger partial charge in [0, 0.05) is 13.0 Å². The number of nitrogens with two attached hydrogens (primary N) is 1. The molecule has 13 atom stereocenters. The van der Waals surface area contributed by atoms with Gasteiger partial charge in [-0.1, -0.05) is 146 Å². The molecule has 2 saturated heterocycles. The molecule has 3 aliphatic rings. The van der Waals surface area contributed by atoms with Gasteiger partial charge in [-0.2, -0.15) is 0 Å². The molecule has 5 aromatic carbocycles. The Labute approximate surface area is 537 Å². The zero-order valence-corrected chi connectivity index (χ0v) is 52.5. The molecule has 2 aliphatic heterocycles. The van der Waals surface area contributed by atoms with Gasteiger partial charge in [-0.15, -0.1) is 11.8 Å². The number of ether oxygens (including phenoxy) is 10. The van der Waals surface area contributed by atoms with Gasteiger partial charge in [0.2, 0.25) is 17.7 Å². The third-order valence-electron chi connectivity index (χ3n) is 15.2. The first kappa shape index (κ1) is 70.1. The summed E-state index contributed by atoms with van der Waals surface area (Å²) < 4.78 is 60.0. The van der Waals surface area contributed by atoms with Crippen molar-refractivity contribution in [2.24, 2.45) is 5.73 Å². The van der Waals surface area contributed by atoms with Crippen LogP contribution in [0.3, 0.4) is 0 Å². The van der Waals surface area contributed by atoms with E-state index < -0.39 is 164 Å². The fourth-order valence-electron chi connectivity index (χ4n) is 10.7. The molecule has 2 heterocycles. The molecule has 0 spiro atoms. The second kappa shape index (κ2) is 33.7. The van der Waals surface area contributed by atoms with E-state index >= 15 is 0 Å². The van der Waals surface area contributed by atoms with Crippen molar-refractivity contribution in [3.63, 3.8) is 0 Å². The fraction of sp³-hybridized carbons (Fsp3) is 0.448. The summed E-state index contributed by atoms with van der Waals surface area (Å²) in [5, 5.41) is 38.2. The highest BCUT2D eigenvalue weighted by Crippen LogP contribution is 2.44. The van der Waals surface area contributed by atoms with Gasteiger partial charge < -0.3 is 84.4 Å². The first-order valence-corrected chi connectivity index (χ1v) is 31.3. The van der Waals surface area contributed by atoms with Crippen LogP contribution in [0.2, 0.25) is 0 Å². The van der Waals surface area contributed by atoms with E-state index in [1.807, 2.05) is 146 Å². The minimum Gasteiger partial charge on any atom is -0.463 e. The lowest BCUT2D eigenvalue weighted by molar-refractivity contribution is -0.295. The number of rotatable bonds is 30. The average molecular weight is 1290 g/mol. The van der Waals surface area contributed by atoms with Crippen LogP contribution in [0.15, 0.2) is 140 Å². The number of carbonyl (C=O) groups is 7. The van der Waals surface area contributed by atoms with Crippen molar-refractivity contribution in [3.05, 3.63) is 167 Å². The topological polar surface area (TPSA) is 335 Å². The number of alkyl carbamates (subject to hydrolysis) is 1. The molecule has 25 heteroatoms. The number of nitrogens with one attached hydrogen (secondary N) is 3. The monoisotopic (exact) mass is 1290 g/mol. The van der Waals surface area contributed by atoms with Gasteiger partial charge in [0.15, 0.2) is 6.29 Å². The smallest absolute Gasteiger partial charge is 0.407 e. The number of esters is 3. The predicted octanol–water partition coefficient (Wildman–Crippen LogP) is 4.64. The van der Waals surface area contributed by atoms with Gasteiger partial charge in [-0.3, -0.25) is 24.0 Å². The zero-order valence-electron chi connectivity index (χ0n) is 51.7. The normalized spacial score (nSPS) is 22.9. The van der Waals surface area contributed by atoms with Gasteiger partial charge in [0.1, 0.15) is 97.8 Å². The Balaban J connectivity index is 1.03. The van der Waals surface area contributed by atoms with Crippen molar-refractivity contribution < 1.29 is 96.2 Å². The van der Waals surface area contributed by atoms with Crippen molar-refractivity contribution in [2.75, 3.05) is 32.7 Å². The number of hydrogen-bond acceptors (Lipinski definition) is 21. The van der Waals surface area contributed by atoms with Crippen LogP contribution in [0.1, 0.15) is 80.7 Å². The van der Waals surface area contributed by atoms with E-state index in [-0.39, 0.29) is 26.4 Å². The summed E-state index contributed by atoms with van der Waals surface area (Å²) in [5.74, 6) is -6.80. The van der Waals surface area contributed by atoms with E-state index in [0.29, 0.717) is 5.75 Å². The van der Waals surface area contributed by atoms with Crippen LogP contribution in [-0.4, -0.2) is 174 Å². The molecule has 5 aromatic rings. The minimum absolute atomic E-state index is 0.0885. The van der Waals surface area contributed by atoms with Gasteiger partial charge in [-0.25, -0.2) is 9.59 Å². The average Bonchev–Trinajstić information content (AvgIpc) is 1.57. The number of benzene rings is 5. The Kier molecular flexibility index (Phi) is 25.6. The van der Waals surface area contributed by atoms with Crippen molar-refractivity contribution in [1.29, 1.82) is 0 Å². The Morgan fingerprint density at radius 1 is 0.543 bits per heavy atom. The summed E-state index contributed by atoms with van der Waals surface area (Å²) in [4.78, 5) is 97.4. The highest BCUT2D eigenvalue weighted by atomic mass is 32.2. The standard InChI is InChI=1S/C67H80N4O20S/c1-6-92-65-60(87-35-41-24-14-9-15-25-41)59(86-34-40-22-12-8-13-23-40)58(85-33-39-20-10-7-11-21-39)51(90-65)38-84-53(73)31-48(71-66(81)88-36-46-44-28-18-16-26-42(44)43-27-17-19-29-45(43)46)62(79)69-47(30-52(68)72)61(78)70-49(63(80)91-67(2,3)4)32-54(74)83-37-50-55(75)56(76)57(77)64(82-5)89-50/h7-29,46-51,55-60,64-65,75-77H,6,30-38H2,1-5H3,(H2,68,72)(H,69,79)(H,70,78)(H,71,81)/t47-,48-,49-,50+,51+,55+,56-,57-,58+,59-,60-,64-,65+/m0/s1. The first-order chi connectivity index (χ1) is 44.2. The molecule has 0 radical (unpaired) electrons. The third kappa shape index (κ3) is 19.6. The lowest BCUT2D eigenvalue weighted by atomic mass is 9.98. The van der Waals surface area contributed by atoms with Crippen LogP contribution in [0.5, 0.6) is 0 Å². The number of amides is 4. The zero-order chi connectivity index (χ0) is 65.9. The maximum Gasteiger partial charge on any atom is 0.407 e. The van der Waals surface area contributed by atoms with E-state index in [1.54, 1.807) is 0 Å². The highest BCUT2D eigenvalue weighted by Gasteiger charge is 2.50. The molecule has 8 N–H and O–H groups in total. The Bertz CT molecular complexity index is 3200. The van der Waals surface area contributed by atoms with E-state index in [9.17, 15) is 48.9 Å². The molecule has 4 amide bonds. The van der Waals surface area contributed by atoms with Crippen LogP contribution in [0.25, 0.3) is 11.1 Å². The second-order valence-corrected chi connectivity index (χ2v) is 24.5. The highest BCUT2D eigenvalue weighted by molar-refractivity contribution is 7.99. The van der Waals surface area contributed by atoms with E-state index in [4.69, 9.17) is 53.1 Å². The number of methoxy groups -OCH3 is 1. The van der Waals surface area contributed by atoms with Gasteiger partial charge in [0.05, 0.1) is 39.1 Å². The van der Waals surface area contributed by atoms with E-state index in [0.717, 1.165) is 38.9 Å². The number of hydrogen-bond donors (Lipinski definition) is 7. The quantitative estimate of drug-likeness (QED) is 0.0243. The molecule has 92 heavy (non-hydrogen) atoms. The lowest BCUT2D eigenvalue weighted by Gasteiger charge is -2.45. The van der Waals surface area contributed by atoms with Crippen molar-refractivity contribution in [1.82, 2.24) is 16.0 Å². The molecule has 24 nitrogen and oxygen atoms in total. The summed E-state index contributed by atoms with van der Waals surface area (Å²) in [7, 11) is 1.17. The second-order valence-electron chi connectivity index (χ2n) is 23.2. The maximum atomic E-state index is 14.7. The van der Waals surface area contributed by atoms with Gasteiger partial charge in [-0.05, 0) is 65.5 Å². The summed E-state index contributed by atoms with van der Waals surface area (Å²) >= 11 is 1.45. The number of thioether (sulfide) groups is 1. The summed E-state index contributed by atoms with van der Waals surface area (Å²) in [6.45, 7) is 5.54. The van der Waals surface area contributed by atoms with Crippen molar-refractivity contribution >= 4 is 53.5 Å². The van der Waals surface area contributed by atoms with E-state index in [1.165, 1.54) is 39.6 Å². The van der Waals surface area contributed by atoms with E-state index in [2.05, 4.69) is 16.0 Å². The Morgan fingerprint density at radius 2 is 1.01 bits per heavy atom. The molecular formula is C67H80N4O20S. The number of aliphatic hydroxyl groups excluding tert-OH is 3. The fourth-order valence-corrected chi connectivity index (χ4v) is 11.7. The third-order valence-corrected chi connectivity index (χ3v) is 16.3. The first-order valence-electron chi connectivity index (χ1n) is 30.2. The summed E-state index contributed by atoms with van der Waals surface area (Å²) in [6, 6.07) is 38.0. The maximum absolute atomic E-state index is 14.7. The lowest BCUT2D eigenvalue weighted by Crippen LogP contribution is -2.60. The SMILES string of the molecule is CCS[C@H]1O[C@H](COC(=O)C[C@H](NC(=O)OCC2c3ccccc3-c3ccccc32)C(=O)N[C@@H](CC(N)=O)C(=O)N[C@@H](CC(=O)OC[C@H]2O[C@H](OC)[C@@H](O)[C@@H](O)[C@@H]2O)C(=O)OC(C)(C)C)[C@@H](OCc2ccccc2)[C@H](OCc2ccccc2)[C@@H]1OCc1ccccc1. The summed E-state index contributed by atoms with van der Waals surface area (Å²) in [6.07, 6.45) is -15.4. The molecular weight excluding hydrogens is 1210 g/mol. The largest absolute Gasteiger partial charge is 0.463 e. The van der Waals surface area contributed by atoms with Crippen molar-refractivity contribution in [3.8, 4) is 11.1 Å². The Hall–Kier alpha value is -7.82. The van der Waals surface area contributed by atoms with Crippen LogP contribution < -0.4 is 21.7 Å². The summed E-state index contributed by atoms with van der Waals surface area (Å²) in [5.41, 5.74) is 10.00. The number of carbonyl (C=O) groups excluding carboxylic acids is 7.